The second kappa shape index (κ2) is 8.36. The third-order valence-electron chi connectivity index (χ3n) is 3.65. The molecule has 2 aromatic carbocycles. The summed E-state index contributed by atoms with van der Waals surface area (Å²) in [7, 11) is 2.81. The molecule has 0 aliphatic rings. The Morgan fingerprint density at radius 2 is 1.83 bits per heavy atom. The van der Waals surface area contributed by atoms with Crippen molar-refractivity contribution < 1.29 is 24.1 Å². The van der Waals surface area contributed by atoms with Gasteiger partial charge in [-0.05, 0) is 29.7 Å². The number of aliphatic hydroxyl groups is 1. The van der Waals surface area contributed by atoms with E-state index in [-0.39, 0.29) is 6.42 Å². The molecule has 0 radical (unpaired) electrons. The lowest BCUT2D eigenvalue weighted by Gasteiger charge is -2.16. The predicted molar refractivity (Wildman–Crippen MR) is 90.2 cm³/mol. The summed E-state index contributed by atoms with van der Waals surface area (Å²) in [5.74, 6) is 0.562. The second-order valence-corrected chi connectivity index (χ2v) is 5.46. The molecule has 2 rings (SSSR count). The summed E-state index contributed by atoms with van der Waals surface area (Å²) in [5.41, 5.74) is 2.70. The molecule has 0 saturated carbocycles. The van der Waals surface area contributed by atoms with Crippen LogP contribution in [0.5, 0.6) is 11.5 Å². The number of hydrogen-bond donors (Lipinski definition) is 1. The van der Waals surface area contributed by atoms with Gasteiger partial charge < -0.3 is 19.3 Å². The van der Waals surface area contributed by atoms with Crippen molar-refractivity contribution in [2.45, 2.75) is 26.1 Å². The number of rotatable bonds is 7. The molecule has 0 amide bonds. The highest BCUT2D eigenvalue weighted by Crippen LogP contribution is 2.33. The van der Waals surface area contributed by atoms with Crippen LogP contribution in [0.15, 0.2) is 42.5 Å². The summed E-state index contributed by atoms with van der Waals surface area (Å²) in [5, 5.41) is 9.80. The molecule has 0 saturated heterocycles. The van der Waals surface area contributed by atoms with E-state index in [2.05, 4.69) is 4.74 Å². The highest BCUT2D eigenvalue weighted by atomic mass is 16.5. The van der Waals surface area contributed by atoms with Gasteiger partial charge in [0.25, 0.3) is 0 Å². The van der Waals surface area contributed by atoms with E-state index < -0.39 is 12.1 Å². The van der Waals surface area contributed by atoms with Crippen LogP contribution < -0.4 is 9.47 Å². The van der Waals surface area contributed by atoms with E-state index in [1.165, 1.54) is 7.11 Å². The van der Waals surface area contributed by atoms with Crippen molar-refractivity contribution in [3.05, 3.63) is 59.2 Å². The first-order valence-corrected chi connectivity index (χ1v) is 7.65. The fourth-order valence-corrected chi connectivity index (χ4v) is 2.44. The number of aliphatic hydroxyl groups excluding tert-OH is 1. The summed E-state index contributed by atoms with van der Waals surface area (Å²) < 4.78 is 15.8. The Morgan fingerprint density at radius 1 is 1.12 bits per heavy atom. The summed E-state index contributed by atoms with van der Waals surface area (Å²) in [6.45, 7) is 2.33. The number of carbonyl (C=O) groups is 1. The van der Waals surface area contributed by atoms with Crippen molar-refractivity contribution in [2.24, 2.45) is 0 Å². The molecular formula is C19H22O5. The number of methoxy groups -OCH3 is 2. The van der Waals surface area contributed by atoms with Crippen LogP contribution in [-0.2, 0) is 22.6 Å². The van der Waals surface area contributed by atoms with Gasteiger partial charge in [-0.3, -0.25) is 0 Å². The molecule has 1 unspecified atom stereocenters. The van der Waals surface area contributed by atoms with Gasteiger partial charge in [0.1, 0.15) is 6.61 Å². The Bertz CT molecular complexity index is 682. The van der Waals surface area contributed by atoms with E-state index in [0.717, 1.165) is 16.7 Å². The highest BCUT2D eigenvalue weighted by molar-refractivity contribution is 5.74. The molecule has 5 heteroatoms. The molecule has 0 aliphatic carbocycles. The predicted octanol–water partition coefficient (Wildman–Crippen LogP) is 2.66. The first-order valence-electron chi connectivity index (χ1n) is 7.65. The number of ether oxygens (including phenoxy) is 3. The zero-order valence-electron chi connectivity index (χ0n) is 14.1. The lowest BCUT2D eigenvalue weighted by atomic mass is 10.0. The van der Waals surface area contributed by atoms with Crippen molar-refractivity contribution in [1.29, 1.82) is 0 Å². The summed E-state index contributed by atoms with van der Waals surface area (Å²) in [6, 6.07) is 13.5. The van der Waals surface area contributed by atoms with Gasteiger partial charge in [0.2, 0.25) is 0 Å². The summed E-state index contributed by atoms with van der Waals surface area (Å²) in [4.78, 5) is 11.4. The Hall–Kier alpha value is -2.53. The first kappa shape index (κ1) is 17.8. The Morgan fingerprint density at radius 3 is 2.46 bits per heavy atom. The zero-order valence-corrected chi connectivity index (χ0v) is 14.1. The summed E-state index contributed by atoms with van der Waals surface area (Å²) >= 11 is 0. The van der Waals surface area contributed by atoms with Crippen LogP contribution in [-0.4, -0.2) is 31.4 Å². The third-order valence-corrected chi connectivity index (χ3v) is 3.65. The van der Waals surface area contributed by atoms with Gasteiger partial charge >= 0.3 is 5.97 Å². The van der Waals surface area contributed by atoms with Crippen LogP contribution in [0.25, 0.3) is 0 Å². The standard InChI is InChI=1S/C19H22O5/c1-13-9-15(10-16(20)19(21)23-3)11-17(22-2)18(13)24-12-14-7-5-4-6-8-14/h4-9,11,16,20H,10,12H2,1-3H3. The highest BCUT2D eigenvalue weighted by Gasteiger charge is 2.18. The maximum atomic E-state index is 11.4. The molecule has 1 atom stereocenters. The van der Waals surface area contributed by atoms with Crippen LogP contribution >= 0.6 is 0 Å². The van der Waals surface area contributed by atoms with Gasteiger partial charge in [-0.1, -0.05) is 36.4 Å². The molecule has 5 nitrogen and oxygen atoms in total. The van der Waals surface area contributed by atoms with Gasteiger partial charge in [0.05, 0.1) is 14.2 Å². The monoisotopic (exact) mass is 330 g/mol. The van der Waals surface area contributed by atoms with Crippen LogP contribution in [0.2, 0.25) is 0 Å². The molecule has 0 spiro atoms. The number of benzene rings is 2. The van der Waals surface area contributed by atoms with E-state index in [9.17, 15) is 9.90 Å². The molecule has 2 aromatic rings. The third kappa shape index (κ3) is 4.49. The quantitative estimate of drug-likeness (QED) is 0.791. The molecular weight excluding hydrogens is 308 g/mol. The minimum Gasteiger partial charge on any atom is -0.493 e. The molecule has 0 aromatic heterocycles. The maximum absolute atomic E-state index is 11.4. The lowest BCUT2D eigenvalue weighted by Crippen LogP contribution is -2.24. The molecule has 0 bridgehead atoms. The SMILES string of the molecule is COC(=O)C(O)Cc1cc(C)c(OCc2ccccc2)c(OC)c1. The Labute approximate surface area is 141 Å². The van der Waals surface area contributed by atoms with E-state index in [1.54, 1.807) is 13.2 Å². The molecule has 0 fully saturated rings. The average molecular weight is 330 g/mol. The number of aryl methyl sites for hydroxylation is 1. The lowest BCUT2D eigenvalue weighted by molar-refractivity contribution is -0.150. The van der Waals surface area contributed by atoms with Crippen molar-refractivity contribution in [1.82, 2.24) is 0 Å². The summed E-state index contributed by atoms with van der Waals surface area (Å²) in [6.07, 6.45) is -1.04. The van der Waals surface area contributed by atoms with E-state index >= 15 is 0 Å². The van der Waals surface area contributed by atoms with Crippen molar-refractivity contribution in [3.63, 3.8) is 0 Å². The van der Waals surface area contributed by atoms with E-state index in [1.807, 2.05) is 43.3 Å². The minimum absolute atomic E-state index is 0.156. The van der Waals surface area contributed by atoms with Gasteiger partial charge in [-0.2, -0.15) is 0 Å². The van der Waals surface area contributed by atoms with Crippen molar-refractivity contribution in [3.8, 4) is 11.5 Å². The number of hydrogen-bond acceptors (Lipinski definition) is 5. The number of carbonyl (C=O) groups excluding carboxylic acids is 1. The molecule has 0 heterocycles. The van der Waals surface area contributed by atoms with Gasteiger partial charge in [0.15, 0.2) is 17.6 Å². The first-order chi connectivity index (χ1) is 11.5. The van der Waals surface area contributed by atoms with Gasteiger partial charge in [-0.15, -0.1) is 0 Å². The Kier molecular flexibility index (Phi) is 6.21. The average Bonchev–Trinajstić information content (AvgIpc) is 2.60. The van der Waals surface area contributed by atoms with E-state index in [4.69, 9.17) is 9.47 Å². The molecule has 1 N–H and O–H groups in total. The van der Waals surface area contributed by atoms with Crippen molar-refractivity contribution in [2.75, 3.05) is 14.2 Å². The van der Waals surface area contributed by atoms with Crippen LogP contribution in [0.3, 0.4) is 0 Å². The minimum atomic E-state index is -1.20. The normalized spacial score (nSPS) is 11.7. The number of esters is 1. The van der Waals surface area contributed by atoms with Crippen LogP contribution in [0.4, 0.5) is 0 Å². The molecule has 0 aliphatic heterocycles. The van der Waals surface area contributed by atoms with Crippen molar-refractivity contribution >= 4 is 5.97 Å². The zero-order chi connectivity index (χ0) is 17.5. The molecule has 24 heavy (non-hydrogen) atoms. The Balaban J connectivity index is 2.16. The fourth-order valence-electron chi connectivity index (χ4n) is 2.44. The van der Waals surface area contributed by atoms with E-state index in [0.29, 0.717) is 18.1 Å². The topological polar surface area (TPSA) is 65.0 Å². The van der Waals surface area contributed by atoms with Gasteiger partial charge in [0, 0.05) is 6.42 Å². The molecule has 128 valence electrons. The second-order valence-electron chi connectivity index (χ2n) is 5.46. The van der Waals surface area contributed by atoms with Crippen LogP contribution in [0, 0.1) is 6.92 Å². The maximum Gasteiger partial charge on any atom is 0.335 e. The smallest absolute Gasteiger partial charge is 0.335 e. The largest absolute Gasteiger partial charge is 0.493 e. The fraction of sp³-hybridized carbons (Fsp3) is 0.316. The van der Waals surface area contributed by atoms with Gasteiger partial charge in [-0.25, -0.2) is 4.79 Å². The van der Waals surface area contributed by atoms with Crippen LogP contribution in [0.1, 0.15) is 16.7 Å².